The van der Waals surface area contributed by atoms with Crippen LogP contribution in [0.3, 0.4) is 0 Å². The van der Waals surface area contributed by atoms with Crippen LogP contribution in [0.4, 0.5) is 11.5 Å². The molecule has 1 saturated carbocycles. The highest BCUT2D eigenvalue weighted by molar-refractivity contribution is 5.60. The summed E-state index contributed by atoms with van der Waals surface area (Å²) >= 11 is 0. The third-order valence-electron chi connectivity index (χ3n) is 4.33. The van der Waals surface area contributed by atoms with Gasteiger partial charge in [-0.25, -0.2) is 4.68 Å². The smallest absolute Gasteiger partial charge is 0.334 e. The highest BCUT2D eigenvalue weighted by Gasteiger charge is 2.28. The topological polar surface area (TPSA) is 73.0 Å². The van der Waals surface area contributed by atoms with Crippen LogP contribution in [0, 0.1) is 16.0 Å². The average Bonchev–Trinajstić information content (AvgIpc) is 3.02. The van der Waals surface area contributed by atoms with Crippen molar-refractivity contribution in [1.29, 1.82) is 0 Å². The summed E-state index contributed by atoms with van der Waals surface area (Å²) in [4.78, 5) is 11.0. The molecule has 0 saturated heterocycles. The molecule has 0 atom stereocenters. The van der Waals surface area contributed by atoms with E-state index in [2.05, 4.69) is 10.4 Å². The maximum absolute atomic E-state index is 11.3. The van der Waals surface area contributed by atoms with Crippen molar-refractivity contribution in [2.45, 2.75) is 58.3 Å². The van der Waals surface area contributed by atoms with Crippen LogP contribution in [0.2, 0.25) is 0 Å². The molecule has 0 aromatic carbocycles. The summed E-state index contributed by atoms with van der Waals surface area (Å²) in [5.41, 5.74) is 0.689. The lowest BCUT2D eigenvalue weighted by molar-refractivity contribution is -0.384. The monoisotopic (exact) mass is 294 g/mol. The lowest BCUT2D eigenvalue weighted by Gasteiger charge is -2.09. The predicted molar refractivity (Wildman–Crippen MR) is 83.6 cm³/mol. The van der Waals surface area contributed by atoms with E-state index in [1.54, 1.807) is 11.7 Å². The molecule has 0 unspecified atom stereocenters. The van der Waals surface area contributed by atoms with Gasteiger partial charge >= 0.3 is 5.69 Å². The Labute approximate surface area is 126 Å². The standard InChI is InChI=1S/C15H26N4O2/c1-11(2)13-14(19(20)21)15(18(3)17-13)16-10-6-9-12-7-4-5-8-12/h11-12,16H,4-10H2,1-3H3. The predicted octanol–water partition coefficient (Wildman–Crippen LogP) is 3.83. The molecule has 118 valence electrons. The number of hydrogen-bond donors (Lipinski definition) is 1. The molecule has 6 heteroatoms. The third-order valence-corrected chi connectivity index (χ3v) is 4.33. The minimum absolute atomic E-state index is 0.0469. The van der Waals surface area contributed by atoms with Gasteiger partial charge in [-0.2, -0.15) is 5.10 Å². The fraction of sp³-hybridized carbons (Fsp3) is 0.800. The zero-order chi connectivity index (χ0) is 15.4. The van der Waals surface area contributed by atoms with Crippen molar-refractivity contribution >= 4 is 11.5 Å². The number of aryl methyl sites for hydroxylation is 1. The maximum atomic E-state index is 11.3. The Hall–Kier alpha value is -1.59. The zero-order valence-corrected chi connectivity index (χ0v) is 13.3. The van der Waals surface area contributed by atoms with Crippen molar-refractivity contribution in [2.24, 2.45) is 13.0 Å². The highest BCUT2D eigenvalue weighted by Crippen LogP contribution is 2.33. The summed E-state index contributed by atoms with van der Waals surface area (Å²) in [6.45, 7) is 4.63. The van der Waals surface area contributed by atoms with Crippen molar-refractivity contribution in [3.05, 3.63) is 15.8 Å². The van der Waals surface area contributed by atoms with Gasteiger partial charge in [0.2, 0.25) is 5.82 Å². The van der Waals surface area contributed by atoms with E-state index in [0.29, 0.717) is 11.5 Å². The van der Waals surface area contributed by atoms with Gasteiger partial charge in [-0.15, -0.1) is 0 Å². The molecule has 0 spiro atoms. The SMILES string of the molecule is CC(C)c1nn(C)c(NCCCC2CCCC2)c1[N+](=O)[O-]. The fourth-order valence-electron chi connectivity index (χ4n) is 3.20. The van der Waals surface area contributed by atoms with E-state index in [9.17, 15) is 10.1 Å². The summed E-state index contributed by atoms with van der Waals surface area (Å²) in [6, 6.07) is 0. The number of anilines is 1. The van der Waals surface area contributed by atoms with Gasteiger partial charge in [0.05, 0.1) is 4.92 Å². The number of hydrogen-bond acceptors (Lipinski definition) is 4. The Bertz CT molecular complexity index is 490. The lowest BCUT2D eigenvalue weighted by Crippen LogP contribution is -2.09. The Morgan fingerprint density at radius 3 is 2.67 bits per heavy atom. The van der Waals surface area contributed by atoms with E-state index in [4.69, 9.17) is 0 Å². The second-order valence-corrected chi connectivity index (χ2v) is 6.34. The lowest BCUT2D eigenvalue weighted by atomic mass is 10.0. The van der Waals surface area contributed by atoms with Crippen LogP contribution in [0.5, 0.6) is 0 Å². The Balaban J connectivity index is 1.96. The molecule has 0 amide bonds. The summed E-state index contributed by atoms with van der Waals surface area (Å²) < 4.78 is 1.60. The molecule has 1 aliphatic rings. The molecule has 0 bridgehead atoms. The first-order chi connectivity index (χ1) is 10.0. The van der Waals surface area contributed by atoms with Gasteiger partial charge in [0.1, 0.15) is 5.69 Å². The maximum Gasteiger partial charge on any atom is 0.334 e. The summed E-state index contributed by atoms with van der Waals surface area (Å²) in [6.07, 6.45) is 7.71. The first kappa shape index (κ1) is 15.8. The van der Waals surface area contributed by atoms with E-state index < -0.39 is 0 Å². The quantitative estimate of drug-likeness (QED) is 0.471. The largest absolute Gasteiger partial charge is 0.365 e. The normalized spacial score (nSPS) is 15.8. The number of nitrogens with zero attached hydrogens (tertiary/aromatic N) is 3. The van der Waals surface area contributed by atoms with Crippen LogP contribution >= 0.6 is 0 Å². The Morgan fingerprint density at radius 2 is 2.10 bits per heavy atom. The molecule has 1 heterocycles. The molecular formula is C15H26N4O2. The first-order valence-corrected chi connectivity index (χ1v) is 7.95. The van der Waals surface area contributed by atoms with E-state index >= 15 is 0 Å². The first-order valence-electron chi connectivity index (χ1n) is 7.95. The van der Waals surface area contributed by atoms with Crippen LogP contribution in [0.1, 0.15) is 64.0 Å². The van der Waals surface area contributed by atoms with E-state index in [1.165, 1.54) is 32.1 Å². The van der Waals surface area contributed by atoms with Crippen LogP contribution in [-0.2, 0) is 7.05 Å². The van der Waals surface area contributed by atoms with Gasteiger partial charge in [-0.3, -0.25) is 10.1 Å². The summed E-state index contributed by atoms with van der Waals surface area (Å²) in [5.74, 6) is 1.44. The molecule has 2 rings (SSSR count). The average molecular weight is 294 g/mol. The van der Waals surface area contributed by atoms with Crippen LogP contribution in [0.15, 0.2) is 0 Å². The zero-order valence-electron chi connectivity index (χ0n) is 13.3. The van der Waals surface area contributed by atoms with Crippen molar-refractivity contribution in [3.8, 4) is 0 Å². The summed E-state index contributed by atoms with van der Waals surface area (Å²) in [7, 11) is 1.76. The number of aromatic nitrogens is 2. The second kappa shape index (κ2) is 6.91. The van der Waals surface area contributed by atoms with Gasteiger partial charge in [0.25, 0.3) is 0 Å². The van der Waals surface area contributed by atoms with Crippen molar-refractivity contribution in [3.63, 3.8) is 0 Å². The molecule has 0 aliphatic heterocycles. The van der Waals surface area contributed by atoms with E-state index in [-0.39, 0.29) is 16.5 Å². The molecule has 21 heavy (non-hydrogen) atoms. The van der Waals surface area contributed by atoms with Crippen LogP contribution in [0.25, 0.3) is 0 Å². The fourth-order valence-corrected chi connectivity index (χ4v) is 3.20. The van der Waals surface area contributed by atoms with Crippen molar-refractivity contribution < 1.29 is 4.92 Å². The number of rotatable bonds is 7. The number of nitrogens with one attached hydrogen (secondary N) is 1. The minimum Gasteiger partial charge on any atom is -0.365 e. The molecule has 1 aliphatic carbocycles. The Kier molecular flexibility index (Phi) is 5.20. The van der Waals surface area contributed by atoms with Crippen molar-refractivity contribution in [2.75, 3.05) is 11.9 Å². The van der Waals surface area contributed by atoms with Crippen LogP contribution in [-0.4, -0.2) is 21.2 Å². The van der Waals surface area contributed by atoms with Gasteiger partial charge in [-0.05, 0) is 18.8 Å². The van der Waals surface area contributed by atoms with Crippen LogP contribution < -0.4 is 5.32 Å². The molecule has 1 fully saturated rings. The highest BCUT2D eigenvalue weighted by atomic mass is 16.6. The van der Waals surface area contributed by atoms with Gasteiger partial charge in [0.15, 0.2) is 0 Å². The van der Waals surface area contributed by atoms with Gasteiger partial charge in [0, 0.05) is 19.5 Å². The summed E-state index contributed by atoms with van der Waals surface area (Å²) in [5, 5.41) is 18.8. The molecule has 6 nitrogen and oxygen atoms in total. The molecule has 1 aromatic rings. The van der Waals surface area contributed by atoms with Gasteiger partial charge in [-0.1, -0.05) is 39.5 Å². The molecule has 1 N–H and O–H groups in total. The number of nitro groups is 1. The molecule has 1 aromatic heterocycles. The van der Waals surface area contributed by atoms with Gasteiger partial charge < -0.3 is 5.32 Å². The molecule has 0 radical (unpaired) electrons. The van der Waals surface area contributed by atoms with E-state index in [0.717, 1.165) is 18.9 Å². The van der Waals surface area contributed by atoms with Crippen molar-refractivity contribution in [1.82, 2.24) is 9.78 Å². The Morgan fingerprint density at radius 1 is 1.43 bits per heavy atom. The second-order valence-electron chi connectivity index (χ2n) is 6.34. The minimum atomic E-state index is -0.318. The third kappa shape index (κ3) is 3.74. The van der Waals surface area contributed by atoms with E-state index in [1.807, 2.05) is 13.8 Å². The molecular weight excluding hydrogens is 268 g/mol.